The molecule has 0 radical (unpaired) electrons. The van der Waals surface area contributed by atoms with Crippen molar-refractivity contribution in [3.63, 3.8) is 0 Å². The van der Waals surface area contributed by atoms with Gasteiger partial charge in [-0.25, -0.2) is 4.79 Å². The number of benzene rings is 1. The number of carbonyl (C=O) groups is 1. The molecule has 1 rings (SSSR count). The third kappa shape index (κ3) is 2.53. The highest BCUT2D eigenvalue weighted by atomic mass is 35.5. The summed E-state index contributed by atoms with van der Waals surface area (Å²) in [7, 11) is 3.06. The van der Waals surface area contributed by atoms with Crippen molar-refractivity contribution < 1.29 is 9.53 Å². The molecule has 0 heterocycles. The van der Waals surface area contributed by atoms with E-state index < -0.39 is 0 Å². The Morgan fingerprint density at radius 1 is 1.50 bits per heavy atom. The first-order valence-electron chi connectivity index (χ1n) is 3.99. The fraction of sp³-hybridized carbons (Fsp3) is 0.222. The summed E-state index contributed by atoms with van der Waals surface area (Å²) in [5.41, 5.74) is 0.630. The lowest BCUT2D eigenvalue weighted by molar-refractivity contribution is 0.254. The zero-order valence-corrected chi connectivity index (χ0v) is 8.68. The maximum atomic E-state index is 11.0. The highest BCUT2D eigenvalue weighted by Gasteiger charge is 2.03. The summed E-state index contributed by atoms with van der Waals surface area (Å²) in [6.07, 6.45) is 0. The number of ether oxygens (including phenoxy) is 1. The van der Waals surface area contributed by atoms with Crippen LogP contribution < -0.4 is 15.4 Å². The highest BCUT2D eigenvalue weighted by molar-refractivity contribution is 6.32. The number of rotatable bonds is 2. The van der Waals surface area contributed by atoms with Crippen LogP contribution in [-0.4, -0.2) is 20.2 Å². The summed E-state index contributed by atoms with van der Waals surface area (Å²) in [6, 6.07) is 4.72. The van der Waals surface area contributed by atoms with Crippen molar-refractivity contribution in [2.24, 2.45) is 0 Å². The van der Waals surface area contributed by atoms with Crippen LogP contribution in [0.15, 0.2) is 18.2 Å². The first-order chi connectivity index (χ1) is 6.67. The topological polar surface area (TPSA) is 50.4 Å². The number of carbonyl (C=O) groups excluding carboxylic acids is 1. The summed E-state index contributed by atoms with van der Waals surface area (Å²) in [5, 5.41) is 5.56. The van der Waals surface area contributed by atoms with Crippen LogP contribution in [0.4, 0.5) is 10.5 Å². The summed E-state index contributed by atoms with van der Waals surface area (Å²) in [5.74, 6) is 0.528. The maximum absolute atomic E-state index is 11.0. The molecule has 0 aliphatic carbocycles. The third-order valence-corrected chi connectivity index (χ3v) is 1.95. The number of nitrogens with one attached hydrogen (secondary N) is 2. The van der Waals surface area contributed by atoms with Crippen LogP contribution in [0.1, 0.15) is 0 Å². The number of amides is 2. The Morgan fingerprint density at radius 3 is 2.79 bits per heavy atom. The molecule has 1 aromatic carbocycles. The molecule has 0 aliphatic rings. The highest BCUT2D eigenvalue weighted by Crippen LogP contribution is 2.27. The first-order valence-corrected chi connectivity index (χ1v) is 4.37. The van der Waals surface area contributed by atoms with Gasteiger partial charge in [-0.1, -0.05) is 11.6 Å². The van der Waals surface area contributed by atoms with Crippen LogP contribution in [0.5, 0.6) is 5.75 Å². The standard InChI is InChI=1S/C9H11ClN2O2/c1-11-9(13)12-6-3-4-7(10)8(5-6)14-2/h3-5H,1-2H3,(H2,11,12,13). The largest absolute Gasteiger partial charge is 0.495 e. The molecule has 0 saturated heterocycles. The van der Waals surface area contributed by atoms with Gasteiger partial charge in [0.2, 0.25) is 0 Å². The summed E-state index contributed by atoms with van der Waals surface area (Å²) >= 11 is 5.81. The zero-order valence-electron chi connectivity index (χ0n) is 7.93. The second-order valence-electron chi connectivity index (χ2n) is 2.55. The molecule has 5 heteroatoms. The van der Waals surface area contributed by atoms with E-state index in [2.05, 4.69) is 10.6 Å². The SMILES string of the molecule is CNC(=O)Nc1ccc(Cl)c(OC)c1. The Labute approximate surface area is 87.2 Å². The van der Waals surface area contributed by atoms with E-state index in [9.17, 15) is 4.79 Å². The summed E-state index contributed by atoms with van der Waals surface area (Å²) in [4.78, 5) is 11.0. The Hall–Kier alpha value is -1.42. The molecule has 0 unspecified atom stereocenters. The van der Waals surface area contributed by atoms with Gasteiger partial charge in [-0.05, 0) is 12.1 Å². The Morgan fingerprint density at radius 2 is 2.21 bits per heavy atom. The number of urea groups is 1. The molecule has 76 valence electrons. The summed E-state index contributed by atoms with van der Waals surface area (Å²) in [6.45, 7) is 0. The Balaban J connectivity index is 2.84. The molecular weight excluding hydrogens is 204 g/mol. The van der Waals surface area contributed by atoms with E-state index in [1.807, 2.05) is 0 Å². The average molecular weight is 215 g/mol. The molecule has 0 aromatic heterocycles. The lowest BCUT2D eigenvalue weighted by atomic mass is 10.3. The summed E-state index contributed by atoms with van der Waals surface area (Å²) < 4.78 is 5.00. The quantitative estimate of drug-likeness (QED) is 0.792. The van der Waals surface area contributed by atoms with E-state index in [4.69, 9.17) is 16.3 Å². The van der Waals surface area contributed by atoms with Gasteiger partial charge >= 0.3 is 6.03 Å². The van der Waals surface area contributed by atoms with E-state index in [1.54, 1.807) is 25.2 Å². The lowest BCUT2D eigenvalue weighted by Gasteiger charge is -2.07. The fourth-order valence-electron chi connectivity index (χ4n) is 0.931. The van der Waals surface area contributed by atoms with Crippen molar-refractivity contribution in [1.29, 1.82) is 0 Å². The van der Waals surface area contributed by atoms with E-state index in [0.29, 0.717) is 16.5 Å². The fourth-order valence-corrected chi connectivity index (χ4v) is 1.13. The normalized spacial score (nSPS) is 9.36. The van der Waals surface area contributed by atoms with Crippen molar-refractivity contribution in [3.05, 3.63) is 23.2 Å². The van der Waals surface area contributed by atoms with E-state index in [1.165, 1.54) is 7.11 Å². The third-order valence-electron chi connectivity index (χ3n) is 1.64. The van der Waals surface area contributed by atoms with E-state index in [0.717, 1.165) is 0 Å². The van der Waals surface area contributed by atoms with Gasteiger partial charge in [0.25, 0.3) is 0 Å². The van der Waals surface area contributed by atoms with Crippen LogP contribution in [0.2, 0.25) is 5.02 Å². The molecule has 0 saturated carbocycles. The molecule has 2 N–H and O–H groups in total. The van der Waals surface area contributed by atoms with Gasteiger partial charge < -0.3 is 15.4 Å². The Bertz CT molecular complexity index is 342. The molecular formula is C9H11ClN2O2. The van der Waals surface area contributed by atoms with Gasteiger partial charge in [0.15, 0.2) is 0 Å². The average Bonchev–Trinajstić information content (AvgIpc) is 2.20. The number of hydrogen-bond donors (Lipinski definition) is 2. The minimum Gasteiger partial charge on any atom is -0.495 e. The molecule has 0 atom stereocenters. The maximum Gasteiger partial charge on any atom is 0.318 e. The molecule has 0 bridgehead atoms. The van der Waals surface area contributed by atoms with Crippen LogP contribution >= 0.6 is 11.6 Å². The second kappa shape index (κ2) is 4.72. The number of anilines is 1. The molecule has 1 aromatic rings. The number of methoxy groups -OCH3 is 1. The van der Waals surface area contributed by atoms with Crippen molar-refractivity contribution in [3.8, 4) is 5.75 Å². The molecule has 4 nitrogen and oxygen atoms in total. The van der Waals surface area contributed by atoms with Gasteiger partial charge in [0.05, 0.1) is 12.1 Å². The van der Waals surface area contributed by atoms with Crippen LogP contribution in [0.25, 0.3) is 0 Å². The van der Waals surface area contributed by atoms with Crippen molar-refractivity contribution in [2.45, 2.75) is 0 Å². The molecule has 14 heavy (non-hydrogen) atoms. The van der Waals surface area contributed by atoms with E-state index in [-0.39, 0.29) is 6.03 Å². The predicted octanol–water partition coefficient (Wildman–Crippen LogP) is 2.10. The minimum atomic E-state index is -0.283. The van der Waals surface area contributed by atoms with Gasteiger partial charge in [-0.15, -0.1) is 0 Å². The van der Waals surface area contributed by atoms with Crippen molar-refractivity contribution >= 4 is 23.3 Å². The molecule has 0 spiro atoms. The first kappa shape index (κ1) is 10.7. The van der Waals surface area contributed by atoms with Gasteiger partial charge in [0, 0.05) is 18.8 Å². The smallest absolute Gasteiger partial charge is 0.318 e. The zero-order chi connectivity index (χ0) is 10.6. The van der Waals surface area contributed by atoms with Crippen LogP contribution in [-0.2, 0) is 0 Å². The van der Waals surface area contributed by atoms with Crippen molar-refractivity contribution in [2.75, 3.05) is 19.5 Å². The molecule has 0 aliphatic heterocycles. The Kier molecular flexibility index (Phi) is 3.59. The molecule has 2 amide bonds. The second-order valence-corrected chi connectivity index (χ2v) is 2.96. The number of halogens is 1. The predicted molar refractivity (Wildman–Crippen MR) is 56.1 cm³/mol. The number of hydrogen-bond acceptors (Lipinski definition) is 2. The van der Waals surface area contributed by atoms with Gasteiger partial charge in [-0.2, -0.15) is 0 Å². The minimum absolute atomic E-state index is 0.283. The van der Waals surface area contributed by atoms with Gasteiger partial charge in [-0.3, -0.25) is 0 Å². The molecule has 0 fully saturated rings. The lowest BCUT2D eigenvalue weighted by Crippen LogP contribution is -2.24. The van der Waals surface area contributed by atoms with Crippen molar-refractivity contribution in [1.82, 2.24) is 5.32 Å². The van der Waals surface area contributed by atoms with Crippen LogP contribution in [0.3, 0.4) is 0 Å². The van der Waals surface area contributed by atoms with Crippen LogP contribution in [0, 0.1) is 0 Å². The van der Waals surface area contributed by atoms with E-state index >= 15 is 0 Å². The monoisotopic (exact) mass is 214 g/mol. The van der Waals surface area contributed by atoms with Gasteiger partial charge in [0.1, 0.15) is 5.75 Å².